The van der Waals surface area contributed by atoms with Crippen molar-refractivity contribution in [1.82, 2.24) is 15.1 Å². The molecular formula is C19H28ClN3O4. The summed E-state index contributed by atoms with van der Waals surface area (Å²) < 4.78 is 5.36. The molecule has 0 unspecified atom stereocenters. The molecule has 2 N–H and O–H groups in total. The van der Waals surface area contributed by atoms with E-state index in [0.29, 0.717) is 38.3 Å². The summed E-state index contributed by atoms with van der Waals surface area (Å²) in [6.45, 7) is 4.23. The first-order valence-corrected chi connectivity index (χ1v) is 9.13. The first-order chi connectivity index (χ1) is 12.6. The Morgan fingerprint density at radius 1 is 1.07 bits per heavy atom. The van der Waals surface area contributed by atoms with Crippen molar-refractivity contribution < 1.29 is 19.4 Å². The largest absolute Gasteiger partial charge is 0.508 e. The molecule has 0 aliphatic carbocycles. The number of phenols is 1. The molecule has 7 nitrogen and oxygen atoms in total. The van der Waals surface area contributed by atoms with E-state index >= 15 is 0 Å². The standard InChI is InChI=1S/C19H27N3O4.ClH/c1-26-14-19(6-8-20-9-7-19)18(25)22-12-10-21(11-13-22)17(24)15-2-4-16(23)5-3-15;/h2-5,20,23H,6-14H2,1H3;1H. The fourth-order valence-corrected chi connectivity index (χ4v) is 3.84. The van der Waals surface area contributed by atoms with Crippen molar-refractivity contribution in [3.8, 4) is 5.75 Å². The Kier molecular flexibility index (Phi) is 7.47. The van der Waals surface area contributed by atoms with Gasteiger partial charge in [0.05, 0.1) is 12.0 Å². The summed E-state index contributed by atoms with van der Waals surface area (Å²) >= 11 is 0. The molecule has 2 aliphatic heterocycles. The molecule has 0 bridgehead atoms. The molecule has 27 heavy (non-hydrogen) atoms. The topological polar surface area (TPSA) is 82.1 Å². The van der Waals surface area contributed by atoms with Gasteiger partial charge in [-0.1, -0.05) is 0 Å². The molecule has 150 valence electrons. The average molecular weight is 398 g/mol. The molecule has 2 fully saturated rings. The van der Waals surface area contributed by atoms with Crippen molar-refractivity contribution in [2.24, 2.45) is 5.41 Å². The van der Waals surface area contributed by atoms with E-state index in [0.717, 1.165) is 25.9 Å². The molecule has 1 aromatic rings. The summed E-state index contributed by atoms with van der Waals surface area (Å²) in [5.41, 5.74) is 0.111. The lowest BCUT2D eigenvalue weighted by Crippen LogP contribution is -2.57. The molecule has 2 saturated heterocycles. The summed E-state index contributed by atoms with van der Waals surface area (Å²) in [6, 6.07) is 6.27. The first kappa shape index (κ1) is 21.5. The molecule has 0 atom stereocenters. The van der Waals surface area contributed by atoms with Crippen LogP contribution in [0.15, 0.2) is 24.3 Å². The van der Waals surface area contributed by atoms with Gasteiger partial charge in [0.25, 0.3) is 5.91 Å². The maximum atomic E-state index is 13.1. The van der Waals surface area contributed by atoms with E-state index in [1.54, 1.807) is 24.1 Å². The predicted molar refractivity (Wildman–Crippen MR) is 104 cm³/mol. The Bertz CT molecular complexity index is 633. The Morgan fingerprint density at radius 3 is 2.19 bits per heavy atom. The number of carbonyl (C=O) groups excluding carboxylic acids is 2. The van der Waals surface area contributed by atoms with Gasteiger partial charge in [0, 0.05) is 38.9 Å². The van der Waals surface area contributed by atoms with Gasteiger partial charge < -0.3 is 25.0 Å². The van der Waals surface area contributed by atoms with Crippen LogP contribution in [0.1, 0.15) is 23.2 Å². The number of aromatic hydroxyl groups is 1. The molecule has 2 amide bonds. The second kappa shape index (κ2) is 9.39. The van der Waals surface area contributed by atoms with Gasteiger partial charge in [-0.15, -0.1) is 12.4 Å². The van der Waals surface area contributed by atoms with E-state index in [4.69, 9.17) is 4.74 Å². The van der Waals surface area contributed by atoms with Crippen molar-refractivity contribution >= 4 is 24.2 Å². The second-order valence-corrected chi connectivity index (χ2v) is 7.09. The highest BCUT2D eigenvalue weighted by atomic mass is 35.5. The number of rotatable bonds is 4. The van der Waals surface area contributed by atoms with Gasteiger partial charge in [-0.25, -0.2) is 0 Å². The lowest BCUT2D eigenvalue weighted by Gasteiger charge is -2.42. The number of nitrogens with one attached hydrogen (secondary N) is 1. The summed E-state index contributed by atoms with van der Waals surface area (Å²) in [6.07, 6.45) is 1.57. The fraction of sp³-hybridized carbons (Fsp3) is 0.579. The Balaban J connectivity index is 0.00000261. The summed E-state index contributed by atoms with van der Waals surface area (Å²) in [4.78, 5) is 29.3. The first-order valence-electron chi connectivity index (χ1n) is 9.13. The van der Waals surface area contributed by atoms with Crippen LogP contribution in [0, 0.1) is 5.41 Å². The summed E-state index contributed by atoms with van der Waals surface area (Å²) in [5.74, 6) is 0.227. The van der Waals surface area contributed by atoms with Crippen LogP contribution in [0.4, 0.5) is 0 Å². The third-order valence-corrected chi connectivity index (χ3v) is 5.40. The van der Waals surface area contributed by atoms with Crippen molar-refractivity contribution in [2.45, 2.75) is 12.8 Å². The van der Waals surface area contributed by atoms with Gasteiger partial charge in [0.2, 0.25) is 5.91 Å². The number of phenolic OH excluding ortho intramolecular Hbond substituents is 1. The van der Waals surface area contributed by atoms with Crippen LogP contribution in [0.5, 0.6) is 5.75 Å². The molecule has 2 heterocycles. The third kappa shape index (κ3) is 4.72. The smallest absolute Gasteiger partial charge is 0.253 e. The van der Waals surface area contributed by atoms with E-state index < -0.39 is 5.41 Å². The zero-order chi connectivity index (χ0) is 18.6. The molecule has 3 rings (SSSR count). The zero-order valence-corrected chi connectivity index (χ0v) is 16.5. The number of ether oxygens (including phenoxy) is 1. The lowest BCUT2D eigenvalue weighted by molar-refractivity contribution is -0.149. The van der Waals surface area contributed by atoms with Crippen molar-refractivity contribution in [1.29, 1.82) is 0 Å². The van der Waals surface area contributed by atoms with E-state index in [1.807, 2.05) is 4.90 Å². The molecular weight excluding hydrogens is 370 g/mol. The van der Waals surface area contributed by atoms with Crippen LogP contribution in [0.3, 0.4) is 0 Å². The number of nitrogens with zero attached hydrogens (tertiary/aromatic N) is 2. The SMILES string of the molecule is COCC1(C(=O)N2CCN(C(=O)c3ccc(O)cc3)CC2)CCNCC1.Cl. The number of hydrogen-bond donors (Lipinski definition) is 2. The molecule has 0 spiro atoms. The summed E-state index contributed by atoms with van der Waals surface area (Å²) in [5, 5.41) is 12.7. The predicted octanol–water partition coefficient (Wildman–Crippen LogP) is 1.11. The second-order valence-electron chi connectivity index (χ2n) is 7.09. The highest BCUT2D eigenvalue weighted by molar-refractivity contribution is 5.94. The number of piperidine rings is 1. The maximum absolute atomic E-state index is 13.1. The van der Waals surface area contributed by atoms with Crippen LogP contribution < -0.4 is 5.32 Å². The molecule has 1 aromatic carbocycles. The van der Waals surface area contributed by atoms with Gasteiger partial charge in [-0.05, 0) is 50.2 Å². The van der Waals surface area contributed by atoms with Gasteiger partial charge >= 0.3 is 0 Å². The van der Waals surface area contributed by atoms with E-state index in [-0.39, 0.29) is 30.0 Å². The monoisotopic (exact) mass is 397 g/mol. The van der Waals surface area contributed by atoms with Crippen LogP contribution in [-0.2, 0) is 9.53 Å². The van der Waals surface area contributed by atoms with Gasteiger partial charge in [0.15, 0.2) is 0 Å². The van der Waals surface area contributed by atoms with Crippen LogP contribution in [-0.4, -0.2) is 79.7 Å². The maximum Gasteiger partial charge on any atom is 0.253 e. The minimum atomic E-state index is -0.441. The van der Waals surface area contributed by atoms with E-state index in [9.17, 15) is 14.7 Å². The van der Waals surface area contributed by atoms with Crippen molar-refractivity contribution in [2.75, 3.05) is 53.0 Å². The van der Waals surface area contributed by atoms with Gasteiger partial charge in [-0.2, -0.15) is 0 Å². The van der Waals surface area contributed by atoms with Crippen LogP contribution >= 0.6 is 12.4 Å². The number of benzene rings is 1. The molecule has 8 heteroatoms. The highest BCUT2D eigenvalue weighted by Gasteiger charge is 2.43. The highest BCUT2D eigenvalue weighted by Crippen LogP contribution is 2.32. The number of methoxy groups -OCH3 is 1. The summed E-state index contributed by atoms with van der Waals surface area (Å²) in [7, 11) is 1.64. The molecule has 0 saturated carbocycles. The molecule has 0 radical (unpaired) electrons. The van der Waals surface area contributed by atoms with Crippen molar-refractivity contribution in [3.63, 3.8) is 0 Å². The minimum absolute atomic E-state index is 0. The molecule has 2 aliphatic rings. The van der Waals surface area contributed by atoms with Gasteiger partial charge in [-0.3, -0.25) is 9.59 Å². The number of amides is 2. The third-order valence-electron chi connectivity index (χ3n) is 5.40. The fourth-order valence-electron chi connectivity index (χ4n) is 3.84. The van der Waals surface area contributed by atoms with Crippen molar-refractivity contribution in [3.05, 3.63) is 29.8 Å². The molecule has 0 aromatic heterocycles. The number of piperazine rings is 1. The van der Waals surface area contributed by atoms with E-state index in [1.165, 1.54) is 12.1 Å². The Morgan fingerprint density at radius 2 is 1.63 bits per heavy atom. The van der Waals surface area contributed by atoms with Crippen LogP contribution in [0.2, 0.25) is 0 Å². The quantitative estimate of drug-likeness (QED) is 0.795. The average Bonchev–Trinajstić information content (AvgIpc) is 2.68. The number of carbonyl (C=O) groups is 2. The van der Waals surface area contributed by atoms with E-state index in [2.05, 4.69) is 5.32 Å². The normalized spacial score (nSPS) is 19.3. The lowest BCUT2D eigenvalue weighted by atomic mass is 9.78. The Hall–Kier alpha value is -1.83. The zero-order valence-electron chi connectivity index (χ0n) is 15.6. The minimum Gasteiger partial charge on any atom is -0.508 e. The number of halogens is 1. The Labute approximate surface area is 166 Å². The van der Waals surface area contributed by atoms with Crippen LogP contribution in [0.25, 0.3) is 0 Å². The van der Waals surface area contributed by atoms with Gasteiger partial charge in [0.1, 0.15) is 5.75 Å². The number of hydrogen-bond acceptors (Lipinski definition) is 5.